The van der Waals surface area contributed by atoms with Gasteiger partial charge < -0.3 is 4.74 Å². The smallest absolute Gasteiger partial charge is 0.374 e. The van der Waals surface area contributed by atoms with Gasteiger partial charge in [-0.1, -0.05) is 6.08 Å². The summed E-state index contributed by atoms with van der Waals surface area (Å²) in [5, 5.41) is 0. The molecule has 0 spiro atoms. The van der Waals surface area contributed by atoms with Crippen molar-refractivity contribution in [3.8, 4) is 0 Å². The Kier molecular flexibility index (Phi) is 4.20. The molecule has 0 atom stereocenters. The number of allylic oxidation sites excluding steroid dienone is 1. The summed E-state index contributed by atoms with van der Waals surface area (Å²) in [5.74, 6) is -1.32. The lowest BCUT2D eigenvalue weighted by Gasteiger charge is -1.96. The average molecular weight is 142 g/mol. The zero-order valence-corrected chi connectivity index (χ0v) is 5.92. The average Bonchev–Trinajstić information content (AvgIpc) is 1.89. The van der Waals surface area contributed by atoms with Crippen molar-refractivity contribution in [2.75, 3.05) is 6.61 Å². The maximum atomic E-state index is 10.6. The lowest BCUT2D eigenvalue weighted by atomic mass is 10.3. The maximum absolute atomic E-state index is 10.6. The third-order valence-corrected chi connectivity index (χ3v) is 0.833. The van der Waals surface area contributed by atoms with E-state index in [0.29, 0.717) is 0 Å². The first-order valence-corrected chi connectivity index (χ1v) is 3.03. The predicted molar refractivity (Wildman–Crippen MR) is 36.5 cm³/mol. The van der Waals surface area contributed by atoms with Crippen molar-refractivity contribution >= 4 is 11.8 Å². The molecule has 0 aromatic rings. The second-order valence-corrected chi connectivity index (χ2v) is 1.64. The van der Waals surface area contributed by atoms with Crippen molar-refractivity contribution in [2.24, 2.45) is 0 Å². The first-order valence-electron chi connectivity index (χ1n) is 3.03. The Morgan fingerprint density at radius 3 is 2.60 bits per heavy atom. The van der Waals surface area contributed by atoms with Crippen LogP contribution in [0.4, 0.5) is 0 Å². The lowest BCUT2D eigenvalue weighted by molar-refractivity contribution is -0.153. The van der Waals surface area contributed by atoms with E-state index in [0.717, 1.165) is 0 Å². The zero-order valence-electron chi connectivity index (χ0n) is 5.92. The normalized spacial score (nSPS) is 8.50. The summed E-state index contributed by atoms with van der Waals surface area (Å²) in [6.07, 6.45) is 1.43. The van der Waals surface area contributed by atoms with Crippen LogP contribution >= 0.6 is 0 Å². The molecular formula is C7H10O3. The maximum Gasteiger partial charge on any atom is 0.374 e. The summed E-state index contributed by atoms with van der Waals surface area (Å²) in [7, 11) is 0. The third kappa shape index (κ3) is 3.02. The minimum atomic E-state index is -0.776. The van der Waals surface area contributed by atoms with Gasteiger partial charge in [-0.25, -0.2) is 4.79 Å². The van der Waals surface area contributed by atoms with Gasteiger partial charge in [0.2, 0.25) is 5.78 Å². The van der Waals surface area contributed by atoms with E-state index in [-0.39, 0.29) is 13.0 Å². The highest BCUT2D eigenvalue weighted by Crippen LogP contribution is 1.87. The van der Waals surface area contributed by atoms with E-state index in [1.165, 1.54) is 6.08 Å². The largest absolute Gasteiger partial charge is 0.460 e. The highest BCUT2D eigenvalue weighted by Gasteiger charge is 2.11. The standard InChI is InChI=1S/C7H10O3/c1-3-5-6(8)7(9)10-4-2/h3H,1,4-5H2,2H3. The number of carbonyl (C=O) groups is 2. The van der Waals surface area contributed by atoms with E-state index in [9.17, 15) is 9.59 Å². The summed E-state index contributed by atoms with van der Waals surface area (Å²) >= 11 is 0. The summed E-state index contributed by atoms with van der Waals surface area (Å²) in [6, 6.07) is 0. The van der Waals surface area contributed by atoms with Crippen LogP contribution in [-0.4, -0.2) is 18.4 Å². The molecule has 3 nitrogen and oxygen atoms in total. The first-order chi connectivity index (χ1) is 4.72. The molecule has 0 radical (unpaired) electrons. The van der Waals surface area contributed by atoms with Crippen LogP contribution in [0.15, 0.2) is 12.7 Å². The van der Waals surface area contributed by atoms with Crippen molar-refractivity contribution < 1.29 is 14.3 Å². The Bertz CT molecular complexity index is 149. The highest BCUT2D eigenvalue weighted by atomic mass is 16.5. The van der Waals surface area contributed by atoms with Crippen molar-refractivity contribution in [2.45, 2.75) is 13.3 Å². The number of carbonyl (C=O) groups excluding carboxylic acids is 2. The molecule has 56 valence electrons. The van der Waals surface area contributed by atoms with Crippen LogP contribution in [-0.2, 0) is 14.3 Å². The Labute approximate surface area is 59.7 Å². The predicted octanol–water partition coefficient (Wildman–Crippen LogP) is 0.695. The van der Waals surface area contributed by atoms with Crippen molar-refractivity contribution in [1.82, 2.24) is 0 Å². The highest BCUT2D eigenvalue weighted by molar-refractivity contribution is 6.33. The van der Waals surface area contributed by atoms with Gasteiger partial charge in [-0.2, -0.15) is 0 Å². The van der Waals surface area contributed by atoms with Gasteiger partial charge in [-0.3, -0.25) is 4.79 Å². The van der Waals surface area contributed by atoms with Gasteiger partial charge in [-0.05, 0) is 6.92 Å². The molecule has 0 aliphatic heterocycles. The van der Waals surface area contributed by atoms with Crippen molar-refractivity contribution in [3.05, 3.63) is 12.7 Å². The van der Waals surface area contributed by atoms with Crippen LogP contribution in [0.3, 0.4) is 0 Å². The van der Waals surface area contributed by atoms with E-state index < -0.39 is 11.8 Å². The van der Waals surface area contributed by atoms with Gasteiger partial charge in [0, 0.05) is 6.42 Å². The molecule has 0 saturated heterocycles. The molecule has 0 unspecified atom stereocenters. The van der Waals surface area contributed by atoms with Crippen LogP contribution in [0.5, 0.6) is 0 Å². The van der Waals surface area contributed by atoms with Gasteiger partial charge in [0.15, 0.2) is 0 Å². The monoisotopic (exact) mass is 142 g/mol. The second-order valence-electron chi connectivity index (χ2n) is 1.64. The zero-order chi connectivity index (χ0) is 7.98. The minimum absolute atomic E-state index is 0.0544. The van der Waals surface area contributed by atoms with E-state index >= 15 is 0 Å². The fraction of sp³-hybridized carbons (Fsp3) is 0.429. The quantitative estimate of drug-likeness (QED) is 0.329. The summed E-state index contributed by atoms with van der Waals surface area (Å²) < 4.78 is 4.42. The number of hydrogen-bond donors (Lipinski definition) is 0. The van der Waals surface area contributed by atoms with Gasteiger partial charge in [0.25, 0.3) is 0 Å². The molecule has 0 N–H and O–H groups in total. The molecular weight excluding hydrogens is 132 g/mol. The van der Waals surface area contributed by atoms with E-state index in [4.69, 9.17) is 0 Å². The van der Waals surface area contributed by atoms with E-state index in [1.54, 1.807) is 6.92 Å². The van der Waals surface area contributed by atoms with Crippen LogP contribution in [0.25, 0.3) is 0 Å². The Morgan fingerprint density at radius 1 is 1.60 bits per heavy atom. The molecule has 0 aliphatic carbocycles. The number of hydrogen-bond acceptors (Lipinski definition) is 3. The molecule has 0 aliphatic rings. The molecule has 0 fully saturated rings. The van der Waals surface area contributed by atoms with Gasteiger partial charge in [0.1, 0.15) is 0 Å². The molecule has 0 aromatic heterocycles. The molecule has 10 heavy (non-hydrogen) atoms. The lowest BCUT2D eigenvalue weighted by Crippen LogP contribution is -2.15. The Morgan fingerprint density at radius 2 is 2.20 bits per heavy atom. The number of rotatable bonds is 4. The van der Waals surface area contributed by atoms with Crippen molar-refractivity contribution in [3.63, 3.8) is 0 Å². The number of esters is 1. The summed E-state index contributed by atoms with van der Waals surface area (Å²) in [4.78, 5) is 21.1. The van der Waals surface area contributed by atoms with Crippen LogP contribution < -0.4 is 0 Å². The fourth-order valence-corrected chi connectivity index (χ4v) is 0.426. The first kappa shape index (κ1) is 8.88. The van der Waals surface area contributed by atoms with Crippen molar-refractivity contribution in [1.29, 1.82) is 0 Å². The molecule has 0 amide bonds. The molecule has 0 bridgehead atoms. The van der Waals surface area contributed by atoms with Gasteiger partial charge >= 0.3 is 5.97 Å². The Hall–Kier alpha value is -1.12. The van der Waals surface area contributed by atoms with E-state index in [1.807, 2.05) is 0 Å². The van der Waals surface area contributed by atoms with Crippen LogP contribution in [0.1, 0.15) is 13.3 Å². The molecule has 0 rings (SSSR count). The number of ether oxygens (including phenoxy) is 1. The summed E-state index contributed by atoms with van der Waals surface area (Å²) in [5.41, 5.74) is 0. The molecule has 0 saturated carbocycles. The summed E-state index contributed by atoms with van der Waals surface area (Å²) in [6.45, 7) is 5.20. The van der Waals surface area contributed by atoms with E-state index in [2.05, 4.69) is 11.3 Å². The molecule has 3 heteroatoms. The number of ketones is 1. The molecule has 0 heterocycles. The number of Topliss-reactive ketones (excluding diaryl/α,β-unsaturated/α-hetero) is 1. The van der Waals surface area contributed by atoms with Gasteiger partial charge in [0.05, 0.1) is 6.61 Å². The van der Waals surface area contributed by atoms with Crippen LogP contribution in [0.2, 0.25) is 0 Å². The minimum Gasteiger partial charge on any atom is -0.460 e. The topological polar surface area (TPSA) is 43.4 Å². The Balaban J connectivity index is 3.70. The van der Waals surface area contributed by atoms with Crippen LogP contribution in [0, 0.1) is 0 Å². The van der Waals surface area contributed by atoms with Gasteiger partial charge in [-0.15, -0.1) is 6.58 Å². The fourth-order valence-electron chi connectivity index (χ4n) is 0.426. The molecule has 0 aromatic carbocycles. The second kappa shape index (κ2) is 4.73. The SMILES string of the molecule is C=CCC(=O)C(=O)OCC. The third-order valence-electron chi connectivity index (χ3n) is 0.833.